The Kier molecular flexibility index (Phi) is 3.82. The smallest absolute Gasteiger partial charge is 0.266 e. The SMILES string of the molecule is CCc1cccc(C)c1NC(=O)c1sccc1C. The van der Waals surface area contributed by atoms with Crippen LogP contribution in [0.15, 0.2) is 29.6 Å². The quantitative estimate of drug-likeness (QED) is 0.880. The van der Waals surface area contributed by atoms with Crippen LogP contribution in [0, 0.1) is 13.8 Å². The summed E-state index contributed by atoms with van der Waals surface area (Å²) in [5.41, 5.74) is 4.27. The largest absolute Gasteiger partial charge is 0.321 e. The van der Waals surface area contributed by atoms with Crippen LogP contribution >= 0.6 is 11.3 Å². The van der Waals surface area contributed by atoms with Crippen LogP contribution in [0.2, 0.25) is 0 Å². The van der Waals surface area contributed by atoms with Crippen LogP contribution in [0.25, 0.3) is 0 Å². The minimum Gasteiger partial charge on any atom is -0.321 e. The van der Waals surface area contributed by atoms with Crippen LogP contribution in [-0.2, 0) is 6.42 Å². The lowest BCUT2D eigenvalue weighted by molar-refractivity contribution is 0.103. The van der Waals surface area contributed by atoms with Gasteiger partial charge >= 0.3 is 0 Å². The van der Waals surface area contributed by atoms with Gasteiger partial charge in [0.2, 0.25) is 0 Å². The molecule has 0 aliphatic heterocycles. The Morgan fingerprint density at radius 3 is 2.61 bits per heavy atom. The number of thiophene rings is 1. The predicted octanol–water partition coefficient (Wildman–Crippen LogP) is 4.18. The van der Waals surface area contributed by atoms with Crippen molar-refractivity contribution in [2.75, 3.05) is 5.32 Å². The molecule has 18 heavy (non-hydrogen) atoms. The topological polar surface area (TPSA) is 29.1 Å². The maximum atomic E-state index is 12.2. The summed E-state index contributed by atoms with van der Waals surface area (Å²) in [7, 11) is 0. The number of aryl methyl sites for hydroxylation is 3. The second-order valence-corrected chi connectivity index (χ2v) is 5.27. The molecule has 0 fully saturated rings. The van der Waals surface area contributed by atoms with E-state index in [1.165, 1.54) is 16.9 Å². The standard InChI is InChI=1S/C15H17NOS/c1-4-12-7-5-6-10(2)13(12)16-15(17)14-11(3)8-9-18-14/h5-9H,4H2,1-3H3,(H,16,17). The molecule has 0 radical (unpaired) electrons. The molecule has 0 aliphatic rings. The van der Waals surface area contributed by atoms with Gasteiger partial charge in [0.15, 0.2) is 0 Å². The van der Waals surface area contributed by atoms with Gasteiger partial charge in [-0.1, -0.05) is 25.1 Å². The predicted molar refractivity (Wildman–Crippen MR) is 77.6 cm³/mol. The first-order valence-electron chi connectivity index (χ1n) is 6.07. The Morgan fingerprint density at radius 1 is 1.22 bits per heavy atom. The molecule has 0 saturated heterocycles. The highest BCUT2D eigenvalue weighted by atomic mass is 32.1. The molecule has 0 saturated carbocycles. The number of para-hydroxylation sites is 1. The van der Waals surface area contributed by atoms with Gasteiger partial charge in [-0.2, -0.15) is 0 Å². The summed E-state index contributed by atoms with van der Waals surface area (Å²) < 4.78 is 0. The highest BCUT2D eigenvalue weighted by Gasteiger charge is 2.13. The number of rotatable bonds is 3. The van der Waals surface area contributed by atoms with Crippen LogP contribution in [0.5, 0.6) is 0 Å². The molecule has 0 bridgehead atoms. The third-order valence-corrected chi connectivity index (χ3v) is 4.06. The third kappa shape index (κ3) is 2.46. The molecule has 1 aromatic carbocycles. The van der Waals surface area contributed by atoms with E-state index in [0.29, 0.717) is 0 Å². The molecule has 94 valence electrons. The lowest BCUT2D eigenvalue weighted by Crippen LogP contribution is -2.13. The van der Waals surface area contributed by atoms with Crippen LogP contribution in [0.3, 0.4) is 0 Å². The summed E-state index contributed by atoms with van der Waals surface area (Å²) in [5.74, 6) is -0.00787. The molecule has 1 aromatic heterocycles. The van der Waals surface area contributed by atoms with Gasteiger partial charge in [-0.05, 0) is 48.4 Å². The molecular formula is C15H17NOS. The van der Waals surface area contributed by atoms with Crippen molar-refractivity contribution >= 4 is 22.9 Å². The van der Waals surface area contributed by atoms with Crippen LogP contribution < -0.4 is 5.32 Å². The van der Waals surface area contributed by atoms with Crippen molar-refractivity contribution in [3.05, 3.63) is 51.2 Å². The number of amides is 1. The van der Waals surface area contributed by atoms with E-state index in [9.17, 15) is 4.79 Å². The van der Waals surface area contributed by atoms with Crippen molar-refractivity contribution in [2.24, 2.45) is 0 Å². The van der Waals surface area contributed by atoms with Crippen molar-refractivity contribution in [1.82, 2.24) is 0 Å². The van der Waals surface area contributed by atoms with Gasteiger partial charge in [0, 0.05) is 5.69 Å². The van der Waals surface area contributed by atoms with E-state index in [2.05, 4.69) is 18.3 Å². The van der Waals surface area contributed by atoms with Crippen molar-refractivity contribution in [2.45, 2.75) is 27.2 Å². The van der Waals surface area contributed by atoms with Gasteiger partial charge in [-0.15, -0.1) is 11.3 Å². The Labute approximate surface area is 112 Å². The number of hydrogen-bond donors (Lipinski definition) is 1. The maximum absolute atomic E-state index is 12.2. The molecule has 0 unspecified atom stereocenters. The van der Waals surface area contributed by atoms with Gasteiger partial charge < -0.3 is 5.32 Å². The first-order chi connectivity index (χ1) is 8.63. The zero-order chi connectivity index (χ0) is 13.1. The normalized spacial score (nSPS) is 10.4. The molecule has 2 nitrogen and oxygen atoms in total. The summed E-state index contributed by atoms with van der Waals surface area (Å²) in [6.07, 6.45) is 0.917. The minimum atomic E-state index is -0.00787. The average Bonchev–Trinajstić information content (AvgIpc) is 2.78. The van der Waals surface area contributed by atoms with Gasteiger partial charge in [-0.3, -0.25) is 4.79 Å². The van der Waals surface area contributed by atoms with Gasteiger partial charge in [0.05, 0.1) is 4.88 Å². The number of carbonyl (C=O) groups excluding carboxylic acids is 1. The lowest BCUT2D eigenvalue weighted by atomic mass is 10.1. The average molecular weight is 259 g/mol. The van der Waals surface area contributed by atoms with E-state index in [-0.39, 0.29) is 5.91 Å². The number of nitrogens with one attached hydrogen (secondary N) is 1. The number of hydrogen-bond acceptors (Lipinski definition) is 2. The van der Waals surface area contributed by atoms with E-state index in [0.717, 1.165) is 28.1 Å². The minimum absolute atomic E-state index is 0.00787. The fourth-order valence-electron chi connectivity index (χ4n) is 1.98. The van der Waals surface area contributed by atoms with Gasteiger partial charge in [-0.25, -0.2) is 0 Å². The number of anilines is 1. The highest BCUT2D eigenvalue weighted by molar-refractivity contribution is 7.12. The number of benzene rings is 1. The highest BCUT2D eigenvalue weighted by Crippen LogP contribution is 2.23. The summed E-state index contributed by atoms with van der Waals surface area (Å²) in [6.45, 7) is 6.08. The first kappa shape index (κ1) is 12.8. The molecule has 0 aliphatic carbocycles. The monoisotopic (exact) mass is 259 g/mol. The zero-order valence-electron chi connectivity index (χ0n) is 10.9. The summed E-state index contributed by atoms with van der Waals surface area (Å²) in [4.78, 5) is 13.0. The van der Waals surface area contributed by atoms with Gasteiger partial charge in [0.25, 0.3) is 5.91 Å². The van der Waals surface area contributed by atoms with Crippen molar-refractivity contribution in [3.8, 4) is 0 Å². The van der Waals surface area contributed by atoms with E-state index in [4.69, 9.17) is 0 Å². The molecule has 1 N–H and O–H groups in total. The second kappa shape index (κ2) is 5.36. The Morgan fingerprint density at radius 2 is 2.00 bits per heavy atom. The first-order valence-corrected chi connectivity index (χ1v) is 6.95. The summed E-state index contributed by atoms with van der Waals surface area (Å²) in [5, 5.41) is 4.99. The molecule has 1 amide bonds. The van der Waals surface area contributed by atoms with Crippen LogP contribution in [0.1, 0.15) is 33.3 Å². The van der Waals surface area contributed by atoms with E-state index < -0.39 is 0 Å². The van der Waals surface area contributed by atoms with E-state index in [1.54, 1.807) is 0 Å². The Hall–Kier alpha value is -1.61. The molecule has 2 rings (SSSR count). The fraction of sp³-hybridized carbons (Fsp3) is 0.267. The van der Waals surface area contributed by atoms with Crippen molar-refractivity contribution in [3.63, 3.8) is 0 Å². The molecule has 1 heterocycles. The Balaban J connectivity index is 2.30. The molecular weight excluding hydrogens is 242 g/mol. The fourth-order valence-corrected chi connectivity index (χ4v) is 2.80. The molecule has 0 atom stereocenters. The molecule has 0 spiro atoms. The third-order valence-electron chi connectivity index (χ3n) is 3.05. The van der Waals surface area contributed by atoms with E-state index >= 15 is 0 Å². The summed E-state index contributed by atoms with van der Waals surface area (Å²) >= 11 is 1.48. The molecule has 3 heteroatoms. The van der Waals surface area contributed by atoms with Gasteiger partial charge in [0.1, 0.15) is 0 Å². The van der Waals surface area contributed by atoms with Crippen LogP contribution in [0.4, 0.5) is 5.69 Å². The summed E-state index contributed by atoms with van der Waals surface area (Å²) in [6, 6.07) is 8.08. The Bertz CT molecular complexity index is 572. The maximum Gasteiger partial charge on any atom is 0.266 e. The van der Waals surface area contributed by atoms with Crippen molar-refractivity contribution < 1.29 is 4.79 Å². The van der Waals surface area contributed by atoms with E-state index in [1.807, 2.05) is 37.4 Å². The second-order valence-electron chi connectivity index (χ2n) is 4.35. The molecule has 2 aromatic rings. The zero-order valence-corrected chi connectivity index (χ0v) is 11.7. The number of carbonyl (C=O) groups is 1. The van der Waals surface area contributed by atoms with Crippen molar-refractivity contribution in [1.29, 1.82) is 0 Å². The van der Waals surface area contributed by atoms with Crippen LogP contribution in [-0.4, -0.2) is 5.91 Å². The lowest BCUT2D eigenvalue weighted by Gasteiger charge is -2.12.